The van der Waals surface area contributed by atoms with Crippen LogP contribution in [0.1, 0.15) is 36.2 Å². The van der Waals surface area contributed by atoms with Crippen LogP contribution in [-0.2, 0) is 4.74 Å². The molecular weight excluding hydrogens is 300 g/mol. The minimum Gasteiger partial charge on any atom is -0.462 e. The third-order valence-corrected chi connectivity index (χ3v) is 4.73. The van der Waals surface area contributed by atoms with Crippen molar-refractivity contribution in [2.45, 2.75) is 26.3 Å². The summed E-state index contributed by atoms with van der Waals surface area (Å²) >= 11 is 0. The predicted octanol–water partition coefficient (Wildman–Crippen LogP) is 4.10. The Labute approximate surface area is 141 Å². The van der Waals surface area contributed by atoms with Crippen LogP contribution in [0, 0.1) is 0 Å². The fraction of sp³-hybridized carbons (Fsp3) is 0.250. The zero-order chi connectivity index (χ0) is 16.5. The Balaban J connectivity index is 2.02. The molecule has 118 valence electrons. The van der Waals surface area contributed by atoms with Crippen LogP contribution in [0.4, 0.5) is 0 Å². The number of esters is 1. The highest BCUT2D eigenvalue weighted by Gasteiger charge is 2.06. The molecule has 0 aromatic heterocycles. The molecule has 0 aliphatic carbocycles. The van der Waals surface area contributed by atoms with Gasteiger partial charge < -0.3 is 4.74 Å². The number of carbonyl (C=O) groups excluding carboxylic acids is 1. The first-order valence-corrected chi connectivity index (χ1v) is 9.20. The minimum atomic E-state index is -0.258. The summed E-state index contributed by atoms with van der Waals surface area (Å²) in [5.74, 6) is -0.258. The highest BCUT2D eigenvalue weighted by Crippen LogP contribution is 2.19. The van der Waals surface area contributed by atoms with Crippen LogP contribution in [0.2, 0.25) is 6.04 Å². The second kappa shape index (κ2) is 9.11. The molecule has 2 rings (SSSR count). The summed E-state index contributed by atoms with van der Waals surface area (Å²) < 4.78 is 5.02. The molecule has 0 unspecified atom stereocenters. The summed E-state index contributed by atoms with van der Waals surface area (Å²) in [6.45, 7) is 4.38. The van der Waals surface area contributed by atoms with E-state index in [-0.39, 0.29) is 5.97 Å². The third-order valence-electron chi connectivity index (χ3n) is 3.58. The van der Waals surface area contributed by atoms with Gasteiger partial charge in [-0.25, -0.2) is 4.79 Å². The van der Waals surface area contributed by atoms with Crippen LogP contribution in [0.25, 0.3) is 5.57 Å². The molecule has 0 aliphatic rings. The van der Waals surface area contributed by atoms with Gasteiger partial charge in [0, 0.05) is 0 Å². The van der Waals surface area contributed by atoms with Gasteiger partial charge in [0.25, 0.3) is 0 Å². The van der Waals surface area contributed by atoms with E-state index in [9.17, 15) is 4.79 Å². The van der Waals surface area contributed by atoms with Crippen LogP contribution < -0.4 is 5.19 Å². The summed E-state index contributed by atoms with van der Waals surface area (Å²) in [5, 5.41) is 1.39. The Kier molecular flexibility index (Phi) is 6.82. The van der Waals surface area contributed by atoms with E-state index in [1.807, 2.05) is 37.3 Å². The topological polar surface area (TPSA) is 26.3 Å². The lowest BCUT2D eigenvalue weighted by molar-refractivity contribution is 0.0526. The summed E-state index contributed by atoms with van der Waals surface area (Å²) in [6, 6.07) is 19.3. The summed E-state index contributed by atoms with van der Waals surface area (Å²) in [6.07, 6.45) is 3.29. The van der Waals surface area contributed by atoms with Gasteiger partial charge in [-0.15, -0.1) is 0 Å². The minimum absolute atomic E-state index is 0.258. The van der Waals surface area contributed by atoms with Crippen molar-refractivity contribution in [1.29, 1.82) is 0 Å². The Bertz CT molecular complexity index is 645. The first kappa shape index (κ1) is 17.2. The van der Waals surface area contributed by atoms with E-state index < -0.39 is 0 Å². The SMILES string of the molecule is CCOC(=O)c1ccc(/C(=C\C[Si]c2ccccc2)CC)cc1. The van der Waals surface area contributed by atoms with E-state index in [4.69, 9.17) is 4.74 Å². The number of rotatable bonds is 7. The Morgan fingerprint density at radius 1 is 1.00 bits per heavy atom. The largest absolute Gasteiger partial charge is 0.462 e. The molecule has 2 radical (unpaired) electrons. The molecule has 2 aromatic carbocycles. The van der Waals surface area contributed by atoms with Crippen LogP contribution in [0.5, 0.6) is 0 Å². The maximum Gasteiger partial charge on any atom is 0.338 e. The first-order chi connectivity index (χ1) is 11.2. The summed E-state index contributed by atoms with van der Waals surface area (Å²) in [7, 11) is 0.788. The van der Waals surface area contributed by atoms with Crippen molar-refractivity contribution in [2.24, 2.45) is 0 Å². The lowest BCUT2D eigenvalue weighted by Gasteiger charge is -2.07. The van der Waals surface area contributed by atoms with Gasteiger partial charge in [0.15, 0.2) is 0 Å². The molecule has 0 bridgehead atoms. The smallest absolute Gasteiger partial charge is 0.338 e. The molecule has 3 heteroatoms. The normalized spacial score (nSPS) is 11.3. The van der Waals surface area contributed by atoms with Crippen molar-refractivity contribution in [3.05, 3.63) is 71.8 Å². The molecule has 0 atom stereocenters. The summed E-state index contributed by atoms with van der Waals surface area (Å²) in [4.78, 5) is 11.7. The molecular formula is C20H22O2Si. The molecule has 0 amide bonds. The number of allylic oxidation sites excluding steroid dienone is 2. The fourth-order valence-corrected chi connectivity index (χ4v) is 3.36. The highest BCUT2D eigenvalue weighted by atomic mass is 28.2. The van der Waals surface area contributed by atoms with Gasteiger partial charge >= 0.3 is 5.97 Å². The Morgan fingerprint density at radius 2 is 1.65 bits per heavy atom. The number of hydrogen-bond donors (Lipinski definition) is 0. The van der Waals surface area contributed by atoms with Crippen molar-refractivity contribution in [3.63, 3.8) is 0 Å². The molecule has 0 aliphatic heterocycles. The predicted molar refractivity (Wildman–Crippen MR) is 97.3 cm³/mol. The molecule has 0 saturated carbocycles. The zero-order valence-corrected chi connectivity index (χ0v) is 14.7. The molecule has 2 nitrogen and oxygen atoms in total. The van der Waals surface area contributed by atoms with Gasteiger partial charge in [-0.05, 0) is 42.7 Å². The van der Waals surface area contributed by atoms with Gasteiger partial charge in [0.05, 0.1) is 21.7 Å². The quantitative estimate of drug-likeness (QED) is 0.566. The molecule has 0 heterocycles. The van der Waals surface area contributed by atoms with Crippen LogP contribution in [0.15, 0.2) is 60.7 Å². The fourth-order valence-electron chi connectivity index (χ4n) is 2.35. The van der Waals surface area contributed by atoms with E-state index in [2.05, 4.69) is 37.3 Å². The monoisotopic (exact) mass is 322 g/mol. The van der Waals surface area contributed by atoms with Gasteiger partial charge in [0.2, 0.25) is 0 Å². The average Bonchev–Trinajstić information content (AvgIpc) is 2.60. The third kappa shape index (κ3) is 5.22. The number of hydrogen-bond acceptors (Lipinski definition) is 2. The van der Waals surface area contributed by atoms with Crippen molar-refractivity contribution < 1.29 is 9.53 Å². The number of carbonyl (C=O) groups is 1. The van der Waals surface area contributed by atoms with Crippen molar-refractivity contribution in [2.75, 3.05) is 6.61 Å². The van der Waals surface area contributed by atoms with E-state index >= 15 is 0 Å². The second-order valence-corrected chi connectivity index (χ2v) is 6.47. The van der Waals surface area contributed by atoms with Crippen LogP contribution >= 0.6 is 0 Å². The first-order valence-electron chi connectivity index (χ1n) is 8.00. The summed E-state index contributed by atoms with van der Waals surface area (Å²) in [5.41, 5.74) is 3.11. The van der Waals surface area contributed by atoms with Gasteiger partial charge in [-0.3, -0.25) is 0 Å². The van der Waals surface area contributed by atoms with Gasteiger partial charge in [0.1, 0.15) is 0 Å². The van der Waals surface area contributed by atoms with Crippen molar-refractivity contribution in [1.82, 2.24) is 0 Å². The Hall–Kier alpha value is -2.13. The van der Waals surface area contributed by atoms with Crippen molar-refractivity contribution in [3.8, 4) is 0 Å². The molecule has 0 fully saturated rings. The second-order valence-electron chi connectivity index (χ2n) is 5.13. The molecule has 23 heavy (non-hydrogen) atoms. The van der Waals surface area contributed by atoms with Gasteiger partial charge in [-0.1, -0.05) is 60.7 Å². The standard InChI is InChI=1S/C20H22O2Si/c1-3-16(14-15-23-19-8-6-5-7-9-19)17-10-12-18(13-11-17)20(21)22-4-2/h5-14H,3-4,15H2,1-2H3/b16-14-. The maximum atomic E-state index is 11.7. The zero-order valence-electron chi connectivity index (χ0n) is 13.7. The number of benzene rings is 2. The van der Waals surface area contributed by atoms with Gasteiger partial charge in [-0.2, -0.15) is 0 Å². The molecule has 0 spiro atoms. The van der Waals surface area contributed by atoms with Crippen LogP contribution in [0.3, 0.4) is 0 Å². The van der Waals surface area contributed by atoms with E-state index in [1.165, 1.54) is 16.3 Å². The lowest BCUT2D eigenvalue weighted by Crippen LogP contribution is -2.11. The maximum absolute atomic E-state index is 11.7. The Morgan fingerprint density at radius 3 is 2.26 bits per heavy atom. The van der Waals surface area contributed by atoms with Crippen LogP contribution in [-0.4, -0.2) is 22.1 Å². The molecule has 2 aromatic rings. The lowest BCUT2D eigenvalue weighted by atomic mass is 10.0. The highest BCUT2D eigenvalue weighted by molar-refractivity contribution is 6.53. The van der Waals surface area contributed by atoms with Crippen molar-refractivity contribution >= 4 is 26.2 Å². The van der Waals surface area contributed by atoms with E-state index in [0.717, 1.165) is 22.0 Å². The molecule has 0 N–H and O–H groups in total. The average molecular weight is 322 g/mol. The van der Waals surface area contributed by atoms with E-state index in [0.29, 0.717) is 12.2 Å². The molecule has 0 saturated heterocycles. The van der Waals surface area contributed by atoms with E-state index in [1.54, 1.807) is 0 Å². The number of ether oxygens (including phenoxy) is 1.